The normalized spacial score (nSPS) is 11.2. The fraction of sp³-hybridized carbons (Fsp3) is 0.0345. The van der Waals surface area contributed by atoms with Gasteiger partial charge in [-0.15, -0.1) is 11.3 Å². The van der Waals surface area contributed by atoms with Crippen molar-refractivity contribution in [2.45, 2.75) is 6.92 Å². The molecule has 5 rings (SSSR count). The second-order valence-corrected chi connectivity index (χ2v) is 9.09. The van der Waals surface area contributed by atoms with E-state index >= 15 is 0 Å². The highest BCUT2D eigenvalue weighted by Gasteiger charge is 2.09. The second-order valence-electron chi connectivity index (χ2n) is 8.02. The number of aryl methyl sites for hydroxylation is 1. The second kappa shape index (κ2) is 9.33. The van der Waals surface area contributed by atoms with Gasteiger partial charge < -0.3 is 5.32 Å². The smallest absolute Gasteiger partial charge is 0.0928 e. The zero-order valence-electron chi connectivity index (χ0n) is 18.9. The molecule has 0 aliphatic heterocycles. The number of aromatic amines is 1. The summed E-state index contributed by atoms with van der Waals surface area (Å²) >= 11 is 1.64. The molecule has 2 heterocycles. The Bertz CT molecular complexity index is 1520. The molecule has 5 heteroatoms. The topological polar surface area (TPSA) is 53.6 Å². The Balaban J connectivity index is 1.36. The first-order valence-corrected chi connectivity index (χ1v) is 11.8. The maximum absolute atomic E-state index is 4.48. The Morgan fingerprint density at radius 1 is 0.912 bits per heavy atom. The lowest BCUT2D eigenvalue weighted by Gasteiger charge is -2.12. The van der Waals surface area contributed by atoms with Gasteiger partial charge in [0.2, 0.25) is 0 Å². The summed E-state index contributed by atoms with van der Waals surface area (Å²) in [6.07, 6.45) is 3.99. The molecule has 0 amide bonds. The third kappa shape index (κ3) is 4.60. The fourth-order valence-corrected chi connectivity index (χ4v) is 4.39. The average Bonchev–Trinajstić information content (AvgIpc) is 3.48. The molecule has 0 fully saturated rings. The number of nitrogens with zero attached hydrogens (tertiary/aromatic N) is 2. The van der Waals surface area contributed by atoms with E-state index in [2.05, 4.69) is 64.0 Å². The highest BCUT2D eigenvalue weighted by atomic mass is 32.1. The largest absolute Gasteiger partial charge is 0.356 e. The van der Waals surface area contributed by atoms with Gasteiger partial charge in [0.15, 0.2) is 0 Å². The number of hydrogen-bond donors (Lipinski definition) is 2. The van der Waals surface area contributed by atoms with Crippen molar-refractivity contribution in [3.63, 3.8) is 0 Å². The van der Waals surface area contributed by atoms with Gasteiger partial charge in [-0.1, -0.05) is 61.7 Å². The van der Waals surface area contributed by atoms with Crippen LogP contribution in [0.2, 0.25) is 0 Å². The summed E-state index contributed by atoms with van der Waals surface area (Å²) in [6.45, 7) is 10.5. The van der Waals surface area contributed by atoms with Crippen molar-refractivity contribution in [2.75, 3.05) is 5.32 Å². The number of benzene rings is 3. The number of thiazole rings is 1. The lowest BCUT2D eigenvalue weighted by molar-refractivity contribution is 1.11. The Hall–Kier alpha value is -4.22. The van der Waals surface area contributed by atoms with Gasteiger partial charge in [0.1, 0.15) is 0 Å². The first kappa shape index (κ1) is 21.6. The van der Waals surface area contributed by atoms with Crippen molar-refractivity contribution in [1.29, 1.82) is 0 Å². The summed E-state index contributed by atoms with van der Waals surface area (Å²) in [5.41, 5.74) is 8.74. The number of H-pyrrole nitrogens is 1. The maximum Gasteiger partial charge on any atom is 0.0928 e. The zero-order valence-corrected chi connectivity index (χ0v) is 19.7. The predicted octanol–water partition coefficient (Wildman–Crippen LogP) is 7.64. The van der Waals surface area contributed by atoms with Crippen LogP contribution in [0.1, 0.15) is 33.1 Å². The van der Waals surface area contributed by atoms with Gasteiger partial charge in [-0.3, -0.25) is 5.10 Å². The van der Waals surface area contributed by atoms with Crippen molar-refractivity contribution in [3.8, 4) is 0 Å². The van der Waals surface area contributed by atoms with Crippen LogP contribution in [0.5, 0.6) is 0 Å². The molecule has 0 saturated carbocycles. The predicted molar refractivity (Wildman–Crippen MR) is 146 cm³/mol. The van der Waals surface area contributed by atoms with Crippen LogP contribution in [-0.2, 0) is 0 Å². The molecule has 34 heavy (non-hydrogen) atoms. The summed E-state index contributed by atoms with van der Waals surface area (Å²) in [5, 5.41) is 15.2. The van der Waals surface area contributed by atoms with Gasteiger partial charge in [-0.05, 0) is 65.6 Å². The van der Waals surface area contributed by atoms with Gasteiger partial charge in [0.05, 0.1) is 21.9 Å². The van der Waals surface area contributed by atoms with Crippen LogP contribution >= 0.6 is 11.3 Å². The Labute approximate surface area is 203 Å². The number of rotatable bonds is 7. The first-order chi connectivity index (χ1) is 16.6. The van der Waals surface area contributed by atoms with E-state index in [9.17, 15) is 0 Å². The highest BCUT2D eigenvalue weighted by molar-refractivity contribution is 7.09. The van der Waals surface area contributed by atoms with Crippen LogP contribution in [0.3, 0.4) is 0 Å². The molecule has 0 radical (unpaired) electrons. The number of nitrogens with one attached hydrogen (secondary N) is 2. The monoisotopic (exact) mass is 460 g/mol. The van der Waals surface area contributed by atoms with Crippen molar-refractivity contribution in [2.24, 2.45) is 0 Å². The third-order valence-electron chi connectivity index (χ3n) is 5.62. The van der Waals surface area contributed by atoms with E-state index in [0.717, 1.165) is 60.9 Å². The first-order valence-electron chi connectivity index (χ1n) is 11.0. The maximum atomic E-state index is 4.48. The standard InChI is InChI=1S/C29H24N4S/c1-19(23-10-7-11-25(16-23)30-20(2)22-8-5-4-6-9-22)24-12-14-27-28(32-33-29(27)17-24)15-13-26-18-34-21(3)31-26/h4-18,30H,1-2H2,3H3,(H,32,33)/b15-13+. The molecule has 2 N–H and O–H groups in total. The van der Waals surface area contributed by atoms with Crippen LogP contribution in [0.4, 0.5) is 5.69 Å². The third-order valence-corrected chi connectivity index (χ3v) is 6.41. The molecule has 0 atom stereocenters. The molecule has 0 saturated heterocycles. The molecule has 0 aliphatic rings. The Kier molecular flexibility index (Phi) is 5.93. The average molecular weight is 461 g/mol. The van der Waals surface area contributed by atoms with Crippen molar-refractivity contribution < 1.29 is 0 Å². The Morgan fingerprint density at radius 2 is 1.71 bits per heavy atom. The van der Waals surface area contributed by atoms with E-state index in [4.69, 9.17) is 0 Å². The molecule has 5 aromatic rings. The van der Waals surface area contributed by atoms with Crippen molar-refractivity contribution in [3.05, 3.63) is 124 Å². The summed E-state index contributed by atoms with van der Waals surface area (Å²) in [6, 6.07) is 24.6. The Morgan fingerprint density at radius 3 is 2.50 bits per heavy atom. The SMILES string of the molecule is C=C(Nc1cccc(C(=C)c2ccc3c(/C=C/c4csc(C)n4)n[nH]c3c2)c1)c1ccccc1. The van der Waals surface area contributed by atoms with Gasteiger partial charge >= 0.3 is 0 Å². The molecule has 0 bridgehead atoms. The van der Waals surface area contributed by atoms with Crippen molar-refractivity contribution in [1.82, 2.24) is 15.2 Å². The van der Waals surface area contributed by atoms with E-state index in [1.165, 1.54) is 0 Å². The molecular formula is C29H24N4S. The van der Waals surface area contributed by atoms with Gasteiger partial charge in [-0.25, -0.2) is 4.98 Å². The van der Waals surface area contributed by atoms with E-state index in [0.29, 0.717) is 0 Å². The van der Waals surface area contributed by atoms with E-state index < -0.39 is 0 Å². The molecule has 0 spiro atoms. The lowest BCUT2D eigenvalue weighted by atomic mass is 9.98. The molecule has 3 aromatic carbocycles. The summed E-state index contributed by atoms with van der Waals surface area (Å²) < 4.78 is 0. The van der Waals surface area contributed by atoms with Crippen LogP contribution in [-0.4, -0.2) is 15.2 Å². The number of anilines is 1. The lowest BCUT2D eigenvalue weighted by Crippen LogP contribution is -1.98. The number of fused-ring (bicyclic) bond motifs is 1. The van der Waals surface area contributed by atoms with E-state index in [1.54, 1.807) is 11.3 Å². The van der Waals surface area contributed by atoms with E-state index in [-0.39, 0.29) is 0 Å². The van der Waals surface area contributed by atoms with Crippen LogP contribution in [0.25, 0.3) is 34.3 Å². The molecule has 0 aliphatic carbocycles. The van der Waals surface area contributed by atoms with Gasteiger partial charge in [0.25, 0.3) is 0 Å². The van der Waals surface area contributed by atoms with Gasteiger partial charge in [-0.2, -0.15) is 5.10 Å². The minimum absolute atomic E-state index is 0.857. The minimum Gasteiger partial charge on any atom is -0.356 e. The van der Waals surface area contributed by atoms with E-state index in [1.807, 2.05) is 66.9 Å². The minimum atomic E-state index is 0.857. The molecule has 0 unspecified atom stereocenters. The molecule has 2 aromatic heterocycles. The quantitative estimate of drug-likeness (QED) is 0.262. The summed E-state index contributed by atoms with van der Waals surface area (Å²) in [4.78, 5) is 4.47. The summed E-state index contributed by atoms with van der Waals surface area (Å²) in [7, 11) is 0. The highest BCUT2D eigenvalue weighted by Crippen LogP contribution is 2.28. The molecule has 4 nitrogen and oxygen atoms in total. The van der Waals surface area contributed by atoms with Crippen LogP contribution in [0.15, 0.2) is 91.3 Å². The van der Waals surface area contributed by atoms with Gasteiger partial charge in [0, 0.05) is 22.2 Å². The molecular weight excluding hydrogens is 436 g/mol. The zero-order chi connectivity index (χ0) is 23.5. The van der Waals surface area contributed by atoms with Crippen molar-refractivity contribution >= 4 is 51.3 Å². The number of hydrogen-bond acceptors (Lipinski definition) is 4. The molecule has 166 valence electrons. The van der Waals surface area contributed by atoms with Crippen LogP contribution in [0, 0.1) is 6.92 Å². The number of aromatic nitrogens is 3. The fourth-order valence-electron chi connectivity index (χ4n) is 3.81. The van der Waals surface area contributed by atoms with Crippen LogP contribution < -0.4 is 5.32 Å². The summed E-state index contributed by atoms with van der Waals surface area (Å²) in [5.74, 6) is 0.